The van der Waals surface area contributed by atoms with Crippen molar-refractivity contribution in [2.45, 2.75) is 25.1 Å². The normalized spacial score (nSPS) is 12.7. The van der Waals surface area contributed by atoms with Crippen molar-refractivity contribution < 1.29 is 9.90 Å². The second kappa shape index (κ2) is 6.42. The number of rotatable bonds is 6. The van der Waals surface area contributed by atoms with E-state index < -0.39 is 12.0 Å². The topological polar surface area (TPSA) is 81.1 Å². The molecular formula is C10H16BrN3O2S. The minimum atomic E-state index is -0.942. The van der Waals surface area contributed by atoms with Crippen LogP contribution in [0.4, 0.5) is 0 Å². The van der Waals surface area contributed by atoms with Crippen LogP contribution in [0, 0.1) is 6.92 Å². The van der Waals surface area contributed by atoms with Gasteiger partial charge in [-0.2, -0.15) is 16.9 Å². The quantitative estimate of drug-likeness (QED) is 0.776. The minimum Gasteiger partial charge on any atom is -0.480 e. The molecule has 7 heteroatoms. The predicted octanol–water partition coefficient (Wildman–Crippen LogP) is 1.53. The standard InChI is InChI=1S/C10H16BrN3O2S/c1-6-9(11)8(14(2)13-6)5-17-4-3-7(12)10(15)16/h7H,3-5,12H2,1-2H3,(H,15,16). The molecule has 0 amide bonds. The summed E-state index contributed by atoms with van der Waals surface area (Å²) in [6.45, 7) is 1.94. The van der Waals surface area contributed by atoms with E-state index in [1.54, 1.807) is 11.8 Å². The maximum absolute atomic E-state index is 10.5. The van der Waals surface area contributed by atoms with Crippen molar-refractivity contribution in [3.63, 3.8) is 0 Å². The number of nitrogens with zero attached hydrogens (tertiary/aromatic N) is 2. The second-order valence-electron chi connectivity index (χ2n) is 3.76. The first-order chi connectivity index (χ1) is 7.93. The van der Waals surface area contributed by atoms with E-state index in [-0.39, 0.29) is 0 Å². The lowest BCUT2D eigenvalue weighted by atomic mass is 10.2. The van der Waals surface area contributed by atoms with Crippen LogP contribution in [0.2, 0.25) is 0 Å². The van der Waals surface area contributed by atoms with Crippen LogP contribution in [0.3, 0.4) is 0 Å². The summed E-state index contributed by atoms with van der Waals surface area (Å²) in [6, 6.07) is -0.765. The molecule has 0 radical (unpaired) electrons. The third-order valence-corrected chi connectivity index (χ3v) is 4.42. The van der Waals surface area contributed by atoms with Crippen LogP contribution in [-0.2, 0) is 17.6 Å². The number of halogens is 1. The second-order valence-corrected chi connectivity index (χ2v) is 5.65. The molecule has 17 heavy (non-hydrogen) atoms. The van der Waals surface area contributed by atoms with Gasteiger partial charge in [-0.3, -0.25) is 9.48 Å². The van der Waals surface area contributed by atoms with Crippen LogP contribution in [0.5, 0.6) is 0 Å². The lowest BCUT2D eigenvalue weighted by Crippen LogP contribution is -2.30. The van der Waals surface area contributed by atoms with E-state index in [9.17, 15) is 4.79 Å². The van der Waals surface area contributed by atoms with Crippen molar-refractivity contribution in [2.75, 3.05) is 5.75 Å². The fraction of sp³-hybridized carbons (Fsp3) is 0.600. The van der Waals surface area contributed by atoms with Crippen LogP contribution in [0.15, 0.2) is 4.47 Å². The van der Waals surface area contributed by atoms with Crippen LogP contribution in [-0.4, -0.2) is 32.7 Å². The van der Waals surface area contributed by atoms with E-state index in [1.807, 2.05) is 18.7 Å². The Labute approximate surface area is 113 Å². The van der Waals surface area contributed by atoms with E-state index in [4.69, 9.17) is 10.8 Å². The van der Waals surface area contributed by atoms with Crippen molar-refractivity contribution in [3.8, 4) is 0 Å². The SMILES string of the molecule is Cc1nn(C)c(CSCCC(N)C(=O)O)c1Br. The Balaban J connectivity index is 2.39. The first kappa shape index (κ1) is 14.5. The summed E-state index contributed by atoms with van der Waals surface area (Å²) in [5.74, 6) is 0.581. The van der Waals surface area contributed by atoms with Crippen molar-refractivity contribution in [1.82, 2.24) is 9.78 Å². The van der Waals surface area contributed by atoms with Crippen molar-refractivity contribution in [3.05, 3.63) is 15.9 Å². The zero-order chi connectivity index (χ0) is 13.0. The van der Waals surface area contributed by atoms with Gasteiger partial charge in [-0.05, 0) is 35.0 Å². The number of thioether (sulfide) groups is 1. The summed E-state index contributed by atoms with van der Waals surface area (Å²) in [4.78, 5) is 10.5. The molecule has 0 saturated carbocycles. The van der Waals surface area contributed by atoms with Crippen molar-refractivity contribution >= 4 is 33.7 Å². The molecule has 3 N–H and O–H groups in total. The molecule has 0 aliphatic carbocycles. The fourth-order valence-electron chi connectivity index (χ4n) is 1.34. The monoisotopic (exact) mass is 321 g/mol. The molecular weight excluding hydrogens is 306 g/mol. The van der Waals surface area contributed by atoms with Crippen LogP contribution < -0.4 is 5.73 Å². The lowest BCUT2D eigenvalue weighted by molar-refractivity contribution is -0.138. The van der Waals surface area contributed by atoms with Gasteiger partial charge in [-0.1, -0.05) is 0 Å². The lowest BCUT2D eigenvalue weighted by Gasteiger charge is -2.06. The van der Waals surface area contributed by atoms with Gasteiger partial charge in [0.1, 0.15) is 6.04 Å². The summed E-state index contributed by atoms with van der Waals surface area (Å²) >= 11 is 5.15. The molecule has 96 valence electrons. The Morgan fingerprint density at radius 1 is 1.71 bits per heavy atom. The summed E-state index contributed by atoms with van der Waals surface area (Å²) < 4.78 is 2.86. The van der Waals surface area contributed by atoms with Crippen molar-refractivity contribution in [2.24, 2.45) is 12.8 Å². The Bertz CT molecular complexity index is 409. The summed E-state index contributed by atoms with van der Waals surface area (Å²) in [5, 5.41) is 12.9. The highest BCUT2D eigenvalue weighted by molar-refractivity contribution is 9.10. The number of aromatic nitrogens is 2. The molecule has 1 atom stereocenters. The third-order valence-electron chi connectivity index (χ3n) is 2.39. The first-order valence-electron chi connectivity index (χ1n) is 5.17. The average Bonchev–Trinajstić information content (AvgIpc) is 2.49. The Kier molecular flexibility index (Phi) is 5.48. The Morgan fingerprint density at radius 3 is 2.82 bits per heavy atom. The van der Waals surface area contributed by atoms with E-state index in [1.165, 1.54) is 0 Å². The predicted molar refractivity (Wildman–Crippen MR) is 72.0 cm³/mol. The molecule has 1 rings (SSSR count). The molecule has 1 unspecified atom stereocenters. The van der Waals surface area contributed by atoms with Gasteiger partial charge in [0.05, 0.1) is 15.9 Å². The fourth-order valence-corrected chi connectivity index (χ4v) is 3.09. The molecule has 0 fully saturated rings. The highest BCUT2D eigenvalue weighted by Crippen LogP contribution is 2.24. The average molecular weight is 322 g/mol. The van der Waals surface area contributed by atoms with Gasteiger partial charge in [0.2, 0.25) is 0 Å². The number of nitrogens with two attached hydrogens (primary N) is 1. The minimum absolute atomic E-state index is 0.481. The molecule has 1 heterocycles. The van der Waals surface area contributed by atoms with Crippen LogP contribution in [0.1, 0.15) is 17.8 Å². The third kappa shape index (κ3) is 4.01. The van der Waals surface area contributed by atoms with E-state index >= 15 is 0 Å². The molecule has 0 spiro atoms. The number of carboxylic acids is 1. The first-order valence-corrected chi connectivity index (χ1v) is 7.12. The molecule has 0 saturated heterocycles. The highest BCUT2D eigenvalue weighted by atomic mass is 79.9. The maximum atomic E-state index is 10.5. The van der Waals surface area contributed by atoms with E-state index in [0.29, 0.717) is 6.42 Å². The van der Waals surface area contributed by atoms with Gasteiger partial charge in [-0.25, -0.2) is 0 Å². The Hall–Kier alpha value is -0.530. The molecule has 5 nitrogen and oxygen atoms in total. The van der Waals surface area contributed by atoms with Crippen LogP contribution >= 0.6 is 27.7 Å². The zero-order valence-electron chi connectivity index (χ0n) is 9.81. The van der Waals surface area contributed by atoms with E-state index in [0.717, 1.165) is 27.4 Å². The maximum Gasteiger partial charge on any atom is 0.320 e. The Morgan fingerprint density at radius 2 is 2.35 bits per heavy atom. The molecule has 0 bridgehead atoms. The highest BCUT2D eigenvalue weighted by Gasteiger charge is 2.13. The number of carbonyl (C=O) groups is 1. The van der Waals surface area contributed by atoms with Gasteiger partial charge >= 0.3 is 5.97 Å². The molecule has 0 aromatic carbocycles. The zero-order valence-corrected chi connectivity index (χ0v) is 12.2. The van der Waals surface area contributed by atoms with Gasteiger partial charge < -0.3 is 10.8 Å². The van der Waals surface area contributed by atoms with Crippen LogP contribution in [0.25, 0.3) is 0 Å². The van der Waals surface area contributed by atoms with E-state index in [2.05, 4.69) is 21.0 Å². The summed E-state index contributed by atoms with van der Waals surface area (Å²) in [7, 11) is 1.90. The number of hydrogen-bond donors (Lipinski definition) is 2. The largest absolute Gasteiger partial charge is 0.480 e. The summed E-state index contributed by atoms with van der Waals surface area (Å²) in [5.41, 5.74) is 7.49. The smallest absolute Gasteiger partial charge is 0.320 e. The van der Waals surface area contributed by atoms with Gasteiger partial charge in [-0.15, -0.1) is 0 Å². The molecule has 0 aliphatic heterocycles. The van der Waals surface area contributed by atoms with Crippen molar-refractivity contribution in [1.29, 1.82) is 0 Å². The molecule has 1 aromatic heterocycles. The molecule has 1 aromatic rings. The van der Waals surface area contributed by atoms with Gasteiger partial charge in [0.15, 0.2) is 0 Å². The van der Waals surface area contributed by atoms with Gasteiger partial charge in [0, 0.05) is 12.8 Å². The number of hydrogen-bond acceptors (Lipinski definition) is 4. The number of aryl methyl sites for hydroxylation is 2. The number of carboxylic acid groups (broad SMARTS) is 1. The summed E-state index contributed by atoms with van der Waals surface area (Å²) in [6.07, 6.45) is 0.481. The van der Waals surface area contributed by atoms with Gasteiger partial charge in [0.25, 0.3) is 0 Å². The molecule has 0 aliphatic rings. The number of aliphatic carboxylic acids is 1.